The van der Waals surface area contributed by atoms with Crippen molar-refractivity contribution in [1.29, 1.82) is 0 Å². The van der Waals surface area contributed by atoms with Crippen LogP contribution >= 0.6 is 0 Å². The van der Waals surface area contributed by atoms with Gasteiger partial charge in [-0.25, -0.2) is 4.39 Å². The van der Waals surface area contributed by atoms with Gasteiger partial charge in [0.15, 0.2) is 11.6 Å². The third-order valence-electron chi connectivity index (χ3n) is 6.12. The Kier molecular flexibility index (Phi) is 7.92. The molecular formula is C26H35FN2O. The van der Waals surface area contributed by atoms with E-state index in [1.165, 1.54) is 37.9 Å². The predicted octanol–water partition coefficient (Wildman–Crippen LogP) is 6.16. The Balaban J connectivity index is 1.69. The summed E-state index contributed by atoms with van der Waals surface area (Å²) in [4.78, 5) is 4.67. The summed E-state index contributed by atoms with van der Waals surface area (Å²) in [6.45, 7) is 13.0. The first-order chi connectivity index (χ1) is 14.5. The lowest BCUT2D eigenvalue weighted by Gasteiger charge is -2.26. The van der Waals surface area contributed by atoms with Crippen LogP contribution in [0.15, 0.2) is 36.9 Å². The number of nitrogens with zero attached hydrogens (tertiary/aromatic N) is 2. The van der Waals surface area contributed by atoms with E-state index in [1.54, 1.807) is 12.1 Å². The molecule has 1 fully saturated rings. The maximum absolute atomic E-state index is 14.7. The lowest BCUT2D eigenvalue weighted by Crippen LogP contribution is -2.31. The zero-order chi connectivity index (χ0) is 21.5. The molecule has 0 saturated carbocycles. The molecule has 0 spiro atoms. The second kappa shape index (κ2) is 10.6. The number of benzene rings is 2. The highest BCUT2D eigenvalue weighted by molar-refractivity contribution is 5.76. The fourth-order valence-corrected chi connectivity index (χ4v) is 4.12. The van der Waals surface area contributed by atoms with E-state index in [0.717, 1.165) is 41.9 Å². The maximum Gasteiger partial charge on any atom is 0.165 e. The highest BCUT2D eigenvalue weighted by atomic mass is 19.1. The first-order valence-electron chi connectivity index (χ1n) is 11.2. The second-order valence-corrected chi connectivity index (χ2v) is 8.18. The van der Waals surface area contributed by atoms with Gasteiger partial charge in [0.2, 0.25) is 0 Å². The Morgan fingerprint density at radius 1 is 1.13 bits per heavy atom. The van der Waals surface area contributed by atoms with Gasteiger partial charge >= 0.3 is 0 Å². The fraction of sp³-hybridized carbons (Fsp3) is 0.462. The maximum atomic E-state index is 14.7. The molecule has 4 heteroatoms. The van der Waals surface area contributed by atoms with E-state index in [1.807, 2.05) is 12.1 Å². The molecule has 1 heterocycles. The van der Waals surface area contributed by atoms with Crippen LogP contribution in [0.25, 0.3) is 17.2 Å². The van der Waals surface area contributed by atoms with Gasteiger partial charge in [-0.15, -0.1) is 0 Å². The molecule has 0 bridgehead atoms. The number of rotatable bonds is 9. The smallest absolute Gasteiger partial charge is 0.165 e. The molecule has 30 heavy (non-hydrogen) atoms. The largest absolute Gasteiger partial charge is 0.490 e. The first kappa shape index (κ1) is 22.4. The van der Waals surface area contributed by atoms with Crippen LogP contribution in [-0.2, 0) is 0 Å². The highest BCUT2D eigenvalue weighted by Crippen LogP contribution is 2.33. The van der Waals surface area contributed by atoms with Crippen LogP contribution in [0.3, 0.4) is 0 Å². The summed E-state index contributed by atoms with van der Waals surface area (Å²) in [6.07, 6.45) is 6.71. The Hall–Kier alpha value is -2.33. The van der Waals surface area contributed by atoms with Crippen LogP contribution in [0, 0.1) is 12.7 Å². The van der Waals surface area contributed by atoms with Crippen molar-refractivity contribution < 1.29 is 9.13 Å². The topological polar surface area (TPSA) is 15.7 Å². The van der Waals surface area contributed by atoms with Crippen molar-refractivity contribution in [1.82, 2.24) is 4.90 Å². The number of hydrogen-bond acceptors (Lipinski definition) is 3. The summed E-state index contributed by atoms with van der Waals surface area (Å²) in [5.41, 5.74) is 5.24. The van der Waals surface area contributed by atoms with Gasteiger partial charge in [0.1, 0.15) is 0 Å². The van der Waals surface area contributed by atoms with Gasteiger partial charge in [0, 0.05) is 25.8 Å². The summed E-state index contributed by atoms with van der Waals surface area (Å²) < 4.78 is 20.5. The van der Waals surface area contributed by atoms with Crippen molar-refractivity contribution >= 4 is 11.8 Å². The molecule has 2 aromatic carbocycles. The van der Waals surface area contributed by atoms with Gasteiger partial charge in [-0.1, -0.05) is 25.1 Å². The molecule has 0 N–H and O–H groups in total. The average Bonchev–Trinajstić information content (AvgIpc) is 2.78. The molecule has 3 nitrogen and oxygen atoms in total. The minimum absolute atomic E-state index is 0.309. The van der Waals surface area contributed by atoms with Crippen LogP contribution in [0.5, 0.6) is 5.75 Å². The van der Waals surface area contributed by atoms with Gasteiger partial charge < -0.3 is 14.5 Å². The molecule has 0 radical (unpaired) electrons. The van der Waals surface area contributed by atoms with Crippen LogP contribution in [-0.4, -0.2) is 44.7 Å². The van der Waals surface area contributed by atoms with E-state index in [2.05, 4.69) is 49.4 Å². The van der Waals surface area contributed by atoms with Crippen molar-refractivity contribution in [3.63, 3.8) is 0 Å². The average molecular weight is 411 g/mol. The summed E-state index contributed by atoms with van der Waals surface area (Å²) in [6, 6.07) is 9.47. The van der Waals surface area contributed by atoms with Gasteiger partial charge in [-0.2, -0.15) is 0 Å². The van der Waals surface area contributed by atoms with E-state index >= 15 is 0 Å². The Morgan fingerprint density at radius 3 is 2.57 bits per heavy atom. The number of anilines is 1. The summed E-state index contributed by atoms with van der Waals surface area (Å²) in [5, 5.41) is 0. The lowest BCUT2D eigenvalue weighted by molar-refractivity contribution is 0.203. The molecule has 0 aromatic heterocycles. The van der Waals surface area contributed by atoms with Crippen molar-refractivity contribution in [2.45, 2.75) is 39.5 Å². The highest BCUT2D eigenvalue weighted by Gasteiger charge is 2.13. The van der Waals surface area contributed by atoms with Crippen molar-refractivity contribution in [3.05, 3.63) is 53.9 Å². The van der Waals surface area contributed by atoms with Gasteiger partial charge in [-0.3, -0.25) is 0 Å². The number of halogens is 1. The normalized spacial score (nSPS) is 14.5. The third-order valence-corrected chi connectivity index (χ3v) is 6.12. The second-order valence-electron chi connectivity index (χ2n) is 8.18. The third kappa shape index (κ3) is 5.42. The molecule has 1 aliphatic rings. The minimum atomic E-state index is -0.309. The zero-order valence-electron chi connectivity index (χ0n) is 18.7. The molecule has 1 saturated heterocycles. The molecule has 2 aromatic rings. The molecule has 3 rings (SSSR count). The van der Waals surface area contributed by atoms with E-state index < -0.39 is 0 Å². The summed E-state index contributed by atoms with van der Waals surface area (Å²) in [7, 11) is 2.07. The van der Waals surface area contributed by atoms with Crippen molar-refractivity contribution in [3.8, 4) is 16.9 Å². The summed E-state index contributed by atoms with van der Waals surface area (Å²) >= 11 is 0. The van der Waals surface area contributed by atoms with E-state index in [4.69, 9.17) is 4.74 Å². The Morgan fingerprint density at radius 2 is 1.90 bits per heavy atom. The lowest BCUT2D eigenvalue weighted by atomic mass is 9.97. The zero-order valence-corrected chi connectivity index (χ0v) is 18.7. The molecule has 0 unspecified atom stereocenters. The molecule has 1 aliphatic heterocycles. The molecule has 0 aliphatic carbocycles. The van der Waals surface area contributed by atoms with Crippen LogP contribution < -0.4 is 9.64 Å². The molecule has 0 amide bonds. The van der Waals surface area contributed by atoms with Crippen LogP contribution in [0.2, 0.25) is 0 Å². The van der Waals surface area contributed by atoms with E-state index in [-0.39, 0.29) is 5.82 Å². The quantitative estimate of drug-likeness (QED) is 0.461. The molecule has 0 atom stereocenters. The van der Waals surface area contributed by atoms with Gasteiger partial charge in [-0.05, 0) is 92.7 Å². The Bertz CT molecular complexity index is 858. The first-order valence-corrected chi connectivity index (χ1v) is 11.2. The minimum Gasteiger partial charge on any atom is -0.490 e. The fourth-order valence-electron chi connectivity index (χ4n) is 4.12. The van der Waals surface area contributed by atoms with Crippen molar-refractivity contribution in [2.75, 3.05) is 44.7 Å². The SMILES string of the molecule is C=Cc1cc(-c2ccc(OCCCN3CCCCC3)c(F)c2)cc(N(C)CC)c1C. The van der Waals surface area contributed by atoms with Crippen molar-refractivity contribution in [2.24, 2.45) is 0 Å². The number of piperidine rings is 1. The van der Waals surface area contributed by atoms with Crippen LogP contribution in [0.4, 0.5) is 10.1 Å². The van der Waals surface area contributed by atoms with Gasteiger partial charge in [0.25, 0.3) is 0 Å². The van der Waals surface area contributed by atoms with E-state index in [9.17, 15) is 4.39 Å². The Labute approximate surface area is 181 Å². The number of hydrogen-bond donors (Lipinski definition) is 0. The number of likely N-dealkylation sites (tertiary alicyclic amines) is 1. The van der Waals surface area contributed by atoms with E-state index in [0.29, 0.717) is 12.4 Å². The molecule has 162 valence electrons. The predicted molar refractivity (Wildman–Crippen MR) is 126 cm³/mol. The van der Waals surface area contributed by atoms with Gasteiger partial charge in [0.05, 0.1) is 6.61 Å². The standard InChI is InChI=1S/C26H35FN2O/c1-5-21-17-23(19-25(20(21)3)28(4)6-2)22-11-12-26(24(27)18-22)30-16-10-15-29-13-8-7-9-14-29/h5,11-12,17-19H,1,6-10,13-16H2,2-4H3. The number of ether oxygens (including phenoxy) is 1. The monoisotopic (exact) mass is 410 g/mol. The summed E-state index contributed by atoms with van der Waals surface area (Å²) in [5.74, 6) is 0.0240. The molecular weight excluding hydrogens is 375 g/mol. The van der Waals surface area contributed by atoms with Crippen LogP contribution in [0.1, 0.15) is 43.7 Å².